The standard InChI is InChI=1S/C19H23N3O3S/c1-15-6-3-5-13-22(15)26(24,25)18-10-8-16(9-11-18)19(23)21-14-17-7-2-4-12-20-17/h2,4,7-12,15H,3,5-6,13-14H2,1H3,(H,21,23)/t15-/m0/s1. The van der Waals surface area contributed by atoms with Crippen LogP contribution in [0.15, 0.2) is 53.6 Å². The van der Waals surface area contributed by atoms with Gasteiger partial charge in [-0.15, -0.1) is 0 Å². The van der Waals surface area contributed by atoms with Gasteiger partial charge in [0.1, 0.15) is 0 Å². The van der Waals surface area contributed by atoms with Crippen LogP contribution in [0.3, 0.4) is 0 Å². The molecule has 1 aromatic carbocycles. The number of carbonyl (C=O) groups excluding carboxylic acids is 1. The van der Waals surface area contributed by atoms with Crippen LogP contribution in [0.2, 0.25) is 0 Å². The summed E-state index contributed by atoms with van der Waals surface area (Å²) in [6.45, 7) is 2.82. The zero-order chi connectivity index (χ0) is 18.6. The van der Waals surface area contributed by atoms with Gasteiger partial charge in [0.15, 0.2) is 0 Å². The minimum Gasteiger partial charge on any atom is -0.346 e. The first-order chi connectivity index (χ1) is 12.5. The molecule has 1 fully saturated rings. The van der Waals surface area contributed by atoms with Crippen molar-refractivity contribution >= 4 is 15.9 Å². The van der Waals surface area contributed by atoms with E-state index < -0.39 is 10.0 Å². The molecule has 0 bridgehead atoms. The summed E-state index contributed by atoms with van der Waals surface area (Å²) in [5.74, 6) is -0.258. The summed E-state index contributed by atoms with van der Waals surface area (Å²) in [6.07, 6.45) is 4.50. The van der Waals surface area contributed by atoms with Crippen LogP contribution in [0.25, 0.3) is 0 Å². The number of hydrogen-bond acceptors (Lipinski definition) is 4. The van der Waals surface area contributed by atoms with Gasteiger partial charge in [0.05, 0.1) is 17.1 Å². The number of nitrogens with zero attached hydrogens (tertiary/aromatic N) is 2. The molecule has 1 atom stereocenters. The van der Waals surface area contributed by atoms with Gasteiger partial charge in [-0.25, -0.2) is 8.42 Å². The van der Waals surface area contributed by atoms with Crippen LogP contribution >= 0.6 is 0 Å². The highest BCUT2D eigenvalue weighted by molar-refractivity contribution is 7.89. The van der Waals surface area contributed by atoms with Crippen LogP contribution in [0, 0.1) is 0 Å². The lowest BCUT2D eigenvalue weighted by Gasteiger charge is -2.32. The van der Waals surface area contributed by atoms with E-state index in [1.165, 1.54) is 12.1 Å². The molecule has 0 radical (unpaired) electrons. The fraction of sp³-hybridized carbons (Fsp3) is 0.368. The van der Waals surface area contributed by atoms with E-state index in [0.29, 0.717) is 18.7 Å². The number of benzene rings is 1. The largest absolute Gasteiger partial charge is 0.346 e. The van der Waals surface area contributed by atoms with Gasteiger partial charge in [-0.3, -0.25) is 9.78 Å². The van der Waals surface area contributed by atoms with Crippen molar-refractivity contribution in [3.05, 3.63) is 59.9 Å². The number of rotatable bonds is 5. The molecule has 26 heavy (non-hydrogen) atoms. The molecule has 0 spiro atoms. The number of carbonyl (C=O) groups is 1. The summed E-state index contributed by atoms with van der Waals surface area (Å²) in [5, 5.41) is 2.78. The number of sulfonamides is 1. The molecule has 1 aliphatic rings. The van der Waals surface area contributed by atoms with Gasteiger partial charge >= 0.3 is 0 Å². The molecule has 2 aromatic rings. The Morgan fingerprint density at radius 1 is 1.19 bits per heavy atom. The van der Waals surface area contributed by atoms with Crippen LogP contribution in [-0.4, -0.2) is 36.2 Å². The molecule has 138 valence electrons. The first-order valence-electron chi connectivity index (χ1n) is 8.78. The highest BCUT2D eigenvalue weighted by Gasteiger charge is 2.30. The van der Waals surface area contributed by atoms with Crippen molar-refractivity contribution in [3.63, 3.8) is 0 Å². The van der Waals surface area contributed by atoms with Crippen molar-refractivity contribution in [2.75, 3.05) is 6.54 Å². The van der Waals surface area contributed by atoms with Crippen molar-refractivity contribution in [1.29, 1.82) is 0 Å². The molecule has 1 saturated heterocycles. The SMILES string of the molecule is C[C@H]1CCCCN1S(=O)(=O)c1ccc(C(=O)NCc2ccccn2)cc1. The number of nitrogens with one attached hydrogen (secondary N) is 1. The van der Waals surface area contributed by atoms with E-state index in [4.69, 9.17) is 0 Å². The van der Waals surface area contributed by atoms with Crippen molar-refractivity contribution in [2.45, 2.75) is 43.7 Å². The summed E-state index contributed by atoms with van der Waals surface area (Å²) in [5.41, 5.74) is 1.19. The zero-order valence-electron chi connectivity index (χ0n) is 14.8. The second kappa shape index (κ2) is 7.97. The Balaban J connectivity index is 1.68. The van der Waals surface area contributed by atoms with Crippen LogP contribution in [0.5, 0.6) is 0 Å². The molecule has 1 aliphatic heterocycles. The van der Waals surface area contributed by atoms with Crippen LogP contribution in [-0.2, 0) is 16.6 Å². The fourth-order valence-corrected chi connectivity index (χ4v) is 4.82. The fourth-order valence-electron chi connectivity index (χ4n) is 3.12. The quantitative estimate of drug-likeness (QED) is 0.874. The minimum atomic E-state index is -3.52. The smallest absolute Gasteiger partial charge is 0.251 e. The first-order valence-corrected chi connectivity index (χ1v) is 10.2. The number of hydrogen-bond donors (Lipinski definition) is 1. The normalized spacial score (nSPS) is 18.4. The predicted molar refractivity (Wildman–Crippen MR) is 99.1 cm³/mol. The highest BCUT2D eigenvalue weighted by Crippen LogP contribution is 2.25. The lowest BCUT2D eigenvalue weighted by Crippen LogP contribution is -2.41. The van der Waals surface area contributed by atoms with Gasteiger partial charge in [-0.05, 0) is 56.2 Å². The van der Waals surface area contributed by atoms with Crippen LogP contribution < -0.4 is 5.32 Å². The second-order valence-corrected chi connectivity index (χ2v) is 8.38. The Morgan fingerprint density at radius 2 is 1.96 bits per heavy atom. The molecule has 0 saturated carbocycles. The average Bonchev–Trinajstić information content (AvgIpc) is 2.67. The molecule has 0 unspecified atom stereocenters. The maximum Gasteiger partial charge on any atom is 0.251 e. The Morgan fingerprint density at radius 3 is 2.62 bits per heavy atom. The number of pyridine rings is 1. The lowest BCUT2D eigenvalue weighted by molar-refractivity contribution is 0.0950. The Kier molecular flexibility index (Phi) is 5.68. The predicted octanol–water partition coefficient (Wildman–Crippen LogP) is 2.57. The average molecular weight is 373 g/mol. The Hall–Kier alpha value is -2.25. The van der Waals surface area contributed by atoms with E-state index in [1.54, 1.807) is 22.6 Å². The third kappa shape index (κ3) is 4.11. The monoisotopic (exact) mass is 373 g/mol. The molecule has 3 rings (SSSR count). The van der Waals surface area contributed by atoms with Gasteiger partial charge in [-0.1, -0.05) is 12.5 Å². The molecule has 0 aliphatic carbocycles. The van der Waals surface area contributed by atoms with E-state index in [1.807, 2.05) is 25.1 Å². The number of aromatic nitrogens is 1. The summed E-state index contributed by atoms with van der Waals surface area (Å²) in [6, 6.07) is 11.6. The number of amides is 1. The van der Waals surface area contributed by atoms with Crippen LogP contribution in [0.1, 0.15) is 42.2 Å². The minimum absolute atomic E-state index is 0.00935. The van der Waals surface area contributed by atoms with Gasteiger partial charge in [0, 0.05) is 24.3 Å². The summed E-state index contributed by atoms with van der Waals surface area (Å²) < 4.78 is 27.2. The van der Waals surface area contributed by atoms with E-state index in [2.05, 4.69) is 10.3 Å². The molecule has 6 nitrogen and oxygen atoms in total. The van der Waals surface area contributed by atoms with Gasteiger partial charge in [0.25, 0.3) is 5.91 Å². The van der Waals surface area contributed by atoms with Crippen molar-refractivity contribution in [2.24, 2.45) is 0 Å². The maximum atomic E-state index is 12.8. The molecule has 1 N–H and O–H groups in total. The van der Waals surface area contributed by atoms with E-state index in [-0.39, 0.29) is 16.8 Å². The van der Waals surface area contributed by atoms with Crippen molar-refractivity contribution in [3.8, 4) is 0 Å². The number of piperidine rings is 1. The molecular formula is C19H23N3O3S. The third-order valence-corrected chi connectivity index (χ3v) is 6.65. The van der Waals surface area contributed by atoms with Gasteiger partial charge in [-0.2, -0.15) is 4.31 Å². The molecule has 1 amide bonds. The molecule has 2 heterocycles. The molecular weight excluding hydrogens is 350 g/mol. The highest BCUT2D eigenvalue weighted by atomic mass is 32.2. The summed E-state index contributed by atoms with van der Waals surface area (Å²) in [4.78, 5) is 16.6. The van der Waals surface area contributed by atoms with E-state index >= 15 is 0 Å². The first kappa shape index (κ1) is 18.5. The Bertz CT molecular complexity index is 851. The second-order valence-electron chi connectivity index (χ2n) is 6.49. The summed E-state index contributed by atoms with van der Waals surface area (Å²) >= 11 is 0. The topological polar surface area (TPSA) is 79.4 Å². The molecule has 1 aromatic heterocycles. The maximum absolute atomic E-state index is 12.8. The third-order valence-electron chi connectivity index (χ3n) is 4.62. The van der Waals surface area contributed by atoms with E-state index in [0.717, 1.165) is 25.0 Å². The Labute approximate surface area is 154 Å². The van der Waals surface area contributed by atoms with Gasteiger partial charge < -0.3 is 5.32 Å². The molecule has 7 heteroatoms. The summed E-state index contributed by atoms with van der Waals surface area (Å²) in [7, 11) is -3.52. The van der Waals surface area contributed by atoms with Crippen molar-refractivity contribution in [1.82, 2.24) is 14.6 Å². The van der Waals surface area contributed by atoms with Gasteiger partial charge in [0.2, 0.25) is 10.0 Å². The lowest BCUT2D eigenvalue weighted by atomic mass is 10.1. The van der Waals surface area contributed by atoms with Crippen molar-refractivity contribution < 1.29 is 13.2 Å². The van der Waals surface area contributed by atoms with E-state index in [9.17, 15) is 13.2 Å². The zero-order valence-corrected chi connectivity index (χ0v) is 15.6. The van der Waals surface area contributed by atoms with Crippen LogP contribution in [0.4, 0.5) is 0 Å².